The summed E-state index contributed by atoms with van der Waals surface area (Å²) in [5.74, 6) is 0. The third kappa shape index (κ3) is 1.93. The first-order valence-corrected chi connectivity index (χ1v) is 5.55. The molecule has 2 amide bonds. The molecule has 0 radical (unpaired) electrons. The van der Waals surface area contributed by atoms with Gasteiger partial charge in [0.25, 0.3) is 0 Å². The van der Waals surface area contributed by atoms with E-state index in [0.29, 0.717) is 17.3 Å². The zero-order chi connectivity index (χ0) is 11.7. The number of hydrogen-bond donors (Lipinski definition) is 1. The van der Waals surface area contributed by atoms with E-state index in [4.69, 9.17) is 17.3 Å². The van der Waals surface area contributed by atoms with Crippen molar-refractivity contribution in [2.24, 2.45) is 0 Å². The lowest BCUT2D eigenvalue weighted by Gasteiger charge is -2.33. The van der Waals surface area contributed by atoms with Crippen molar-refractivity contribution in [1.82, 2.24) is 4.90 Å². The van der Waals surface area contributed by atoms with Crippen LogP contribution in [0.25, 0.3) is 0 Å². The van der Waals surface area contributed by atoms with Crippen LogP contribution in [0.3, 0.4) is 0 Å². The van der Waals surface area contributed by atoms with Gasteiger partial charge in [0.2, 0.25) is 0 Å². The quantitative estimate of drug-likeness (QED) is 0.764. The van der Waals surface area contributed by atoms with Crippen LogP contribution in [0.2, 0.25) is 5.02 Å². The monoisotopic (exact) mass is 239 g/mol. The smallest absolute Gasteiger partial charge is 0.324 e. The Bertz CT molecular complexity index is 422. The van der Waals surface area contributed by atoms with Crippen LogP contribution in [0.1, 0.15) is 6.42 Å². The molecule has 1 fully saturated rings. The summed E-state index contributed by atoms with van der Waals surface area (Å²) in [5, 5.41) is 0.517. The molecule has 1 saturated heterocycles. The fourth-order valence-corrected chi connectivity index (χ4v) is 2.12. The first kappa shape index (κ1) is 11.1. The fourth-order valence-electron chi connectivity index (χ4n) is 1.83. The highest BCUT2D eigenvalue weighted by Crippen LogP contribution is 2.29. The van der Waals surface area contributed by atoms with Crippen LogP contribution in [-0.2, 0) is 0 Å². The number of nitrogen functional groups attached to an aromatic ring is 1. The lowest BCUT2D eigenvalue weighted by Crippen LogP contribution is -2.47. The van der Waals surface area contributed by atoms with Crippen molar-refractivity contribution in [2.45, 2.75) is 6.42 Å². The van der Waals surface area contributed by atoms with Crippen molar-refractivity contribution in [3.63, 3.8) is 0 Å². The molecule has 16 heavy (non-hydrogen) atoms. The summed E-state index contributed by atoms with van der Waals surface area (Å²) in [7, 11) is 1.79. The predicted molar refractivity (Wildman–Crippen MR) is 65.9 cm³/mol. The van der Waals surface area contributed by atoms with Crippen molar-refractivity contribution in [3.8, 4) is 0 Å². The van der Waals surface area contributed by atoms with E-state index in [-0.39, 0.29) is 6.03 Å². The summed E-state index contributed by atoms with van der Waals surface area (Å²) in [6.45, 7) is 1.49. The average Bonchev–Trinajstić information content (AvgIpc) is 2.23. The number of halogens is 1. The Morgan fingerprint density at radius 2 is 2.12 bits per heavy atom. The Kier molecular flexibility index (Phi) is 2.92. The van der Waals surface area contributed by atoms with Crippen LogP contribution in [0.5, 0.6) is 0 Å². The third-order valence-corrected chi connectivity index (χ3v) is 3.00. The lowest BCUT2D eigenvalue weighted by atomic mass is 10.2. The van der Waals surface area contributed by atoms with Crippen LogP contribution in [0.15, 0.2) is 18.2 Å². The molecule has 0 unspecified atom stereocenters. The van der Waals surface area contributed by atoms with Gasteiger partial charge in [-0.1, -0.05) is 11.6 Å². The van der Waals surface area contributed by atoms with E-state index in [1.165, 1.54) is 0 Å². The van der Waals surface area contributed by atoms with Gasteiger partial charge < -0.3 is 10.6 Å². The van der Waals surface area contributed by atoms with E-state index in [2.05, 4.69) is 0 Å². The summed E-state index contributed by atoms with van der Waals surface area (Å²) in [6, 6.07) is 5.19. The zero-order valence-electron chi connectivity index (χ0n) is 9.11. The maximum Gasteiger partial charge on any atom is 0.324 e. The maximum absolute atomic E-state index is 11.9. The molecule has 0 saturated carbocycles. The number of amides is 2. The highest BCUT2D eigenvalue weighted by atomic mass is 35.5. The second-order valence-corrected chi connectivity index (χ2v) is 4.33. The minimum atomic E-state index is -0.0158. The van der Waals surface area contributed by atoms with E-state index < -0.39 is 0 Å². The number of nitrogens with zero attached hydrogens (tertiary/aromatic N) is 2. The molecular weight excluding hydrogens is 226 g/mol. The fraction of sp³-hybridized carbons (Fsp3) is 0.364. The van der Waals surface area contributed by atoms with Gasteiger partial charge in [0.15, 0.2) is 0 Å². The average molecular weight is 240 g/mol. The molecule has 1 aliphatic heterocycles. The molecule has 1 heterocycles. The Morgan fingerprint density at radius 1 is 1.38 bits per heavy atom. The van der Waals surface area contributed by atoms with Crippen LogP contribution >= 0.6 is 11.6 Å². The van der Waals surface area contributed by atoms with E-state index in [1.807, 2.05) is 0 Å². The van der Waals surface area contributed by atoms with E-state index in [1.54, 1.807) is 35.0 Å². The summed E-state index contributed by atoms with van der Waals surface area (Å²) in [4.78, 5) is 15.3. The Balaban J connectivity index is 2.32. The molecule has 0 atom stereocenters. The Hall–Kier alpha value is -1.42. The van der Waals surface area contributed by atoms with Crippen LogP contribution in [-0.4, -0.2) is 31.1 Å². The third-order valence-electron chi connectivity index (χ3n) is 2.70. The van der Waals surface area contributed by atoms with Crippen molar-refractivity contribution < 1.29 is 4.79 Å². The minimum absolute atomic E-state index is 0.0158. The van der Waals surface area contributed by atoms with Crippen molar-refractivity contribution in [2.75, 3.05) is 30.8 Å². The largest absolute Gasteiger partial charge is 0.399 e. The predicted octanol–water partition coefficient (Wildman–Crippen LogP) is 2.18. The van der Waals surface area contributed by atoms with Crippen LogP contribution < -0.4 is 10.6 Å². The summed E-state index contributed by atoms with van der Waals surface area (Å²) in [6.07, 6.45) is 0.947. The molecule has 1 aromatic carbocycles. The van der Waals surface area contributed by atoms with Crippen LogP contribution in [0.4, 0.5) is 16.2 Å². The highest BCUT2D eigenvalue weighted by Gasteiger charge is 2.25. The van der Waals surface area contributed by atoms with Gasteiger partial charge in [-0.2, -0.15) is 0 Å². The van der Waals surface area contributed by atoms with Crippen molar-refractivity contribution in [3.05, 3.63) is 23.2 Å². The molecule has 0 aliphatic carbocycles. The van der Waals surface area contributed by atoms with E-state index in [9.17, 15) is 4.79 Å². The molecule has 5 heteroatoms. The van der Waals surface area contributed by atoms with Crippen molar-refractivity contribution >= 4 is 29.0 Å². The van der Waals surface area contributed by atoms with Gasteiger partial charge in [-0.25, -0.2) is 4.79 Å². The number of anilines is 2. The number of nitrogens with two attached hydrogens (primary N) is 1. The number of benzene rings is 1. The lowest BCUT2D eigenvalue weighted by molar-refractivity contribution is 0.207. The number of carbonyl (C=O) groups excluding carboxylic acids is 1. The molecule has 86 valence electrons. The summed E-state index contributed by atoms with van der Waals surface area (Å²) < 4.78 is 0. The number of urea groups is 1. The summed E-state index contributed by atoms with van der Waals surface area (Å²) >= 11 is 6.08. The van der Waals surface area contributed by atoms with E-state index >= 15 is 0 Å². The summed E-state index contributed by atoms with van der Waals surface area (Å²) in [5.41, 5.74) is 6.95. The number of rotatable bonds is 1. The SMILES string of the molecule is CN1CCCN(c2ccc(N)cc2Cl)C1=O. The number of hydrogen-bond acceptors (Lipinski definition) is 2. The van der Waals surface area contributed by atoms with Gasteiger partial charge in [-0.3, -0.25) is 4.90 Å². The zero-order valence-corrected chi connectivity index (χ0v) is 9.87. The molecular formula is C11H14ClN3O. The van der Waals surface area contributed by atoms with Gasteiger partial charge in [-0.05, 0) is 24.6 Å². The molecule has 1 aliphatic rings. The van der Waals surface area contributed by atoms with Crippen molar-refractivity contribution in [1.29, 1.82) is 0 Å². The molecule has 1 aromatic rings. The van der Waals surface area contributed by atoms with Gasteiger partial charge in [0.1, 0.15) is 0 Å². The maximum atomic E-state index is 11.9. The first-order chi connectivity index (χ1) is 7.59. The Morgan fingerprint density at radius 3 is 2.81 bits per heavy atom. The molecule has 2 rings (SSSR count). The minimum Gasteiger partial charge on any atom is -0.399 e. The Labute approximate surface area is 99.6 Å². The van der Waals surface area contributed by atoms with E-state index in [0.717, 1.165) is 18.7 Å². The highest BCUT2D eigenvalue weighted by molar-refractivity contribution is 6.34. The number of carbonyl (C=O) groups is 1. The molecule has 0 spiro atoms. The molecule has 2 N–H and O–H groups in total. The normalized spacial score (nSPS) is 16.8. The van der Waals surface area contributed by atoms with Crippen LogP contribution in [0, 0.1) is 0 Å². The van der Waals surface area contributed by atoms with Gasteiger partial charge in [0, 0.05) is 25.8 Å². The second-order valence-electron chi connectivity index (χ2n) is 3.92. The van der Waals surface area contributed by atoms with Gasteiger partial charge >= 0.3 is 6.03 Å². The molecule has 0 bridgehead atoms. The molecule has 0 aromatic heterocycles. The second kappa shape index (κ2) is 4.22. The van der Waals surface area contributed by atoms with Gasteiger partial charge in [0.05, 0.1) is 10.7 Å². The topological polar surface area (TPSA) is 49.6 Å². The standard InChI is InChI=1S/C11H14ClN3O/c1-14-5-2-6-15(11(14)16)10-4-3-8(13)7-9(10)12/h3-4,7H,2,5-6,13H2,1H3. The molecule has 4 nitrogen and oxygen atoms in total. The van der Waals surface area contributed by atoms with Gasteiger partial charge in [-0.15, -0.1) is 0 Å². The first-order valence-electron chi connectivity index (χ1n) is 5.17.